The van der Waals surface area contributed by atoms with Crippen molar-refractivity contribution in [2.24, 2.45) is 0 Å². The Kier molecular flexibility index (Phi) is 5.12. The highest BCUT2D eigenvalue weighted by atomic mass is 32.1. The van der Waals surface area contributed by atoms with Crippen LogP contribution in [0.1, 0.15) is 17.0 Å². The zero-order valence-electron chi connectivity index (χ0n) is 11.9. The minimum absolute atomic E-state index is 0.0936. The van der Waals surface area contributed by atoms with E-state index in [1.54, 1.807) is 19.2 Å². The molecule has 0 aliphatic rings. The number of ether oxygens (including phenoxy) is 1. The Morgan fingerprint density at radius 1 is 1.19 bits per heavy atom. The first-order chi connectivity index (χ1) is 10.1. The molecule has 21 heavy (non-hydrogen) atoms. The monoisotopic (exact) mass is 298 g/mol. The van der Waals surface area contributed by atoms with E-state index in [0.717, 1.165) is 21.8 Å². The van der Waals surface area contributed by atoms with Crippen molar-refractivity contribution in [2.75, 3.05) is 7.11 Å². The lowest BCUT2D eigenvalue weighted by Crippen LogP contribution is -1.90. The molecule has 2 nitrogen and oxygen atoms in total. The van der Waals surface area contributed by atoms with Crippen molar-refractivity contribution in [1.82, 2.24) is 0 Å². The van der Waals surface area contributed by atoms with Gasteiger partial charge in [-0.05, 0) is 35.4 Å². The number of phenolic OH excluding ortho intramolecular Hbond substituents is 1. The molecule has 0 heterocycles. The zero-order valence-corrected chi connectivity index (χ0v) is 12.8. The van der Waals surface area contributed by atoms with Gasteiger partial charge in [-0.1, -0.05) is 36.4 Å². The number of allylic oxidation sites excluding steroid dienone is 2. The summed E-state index contributed by atoms with van der Waals surface area (Å²) in [6.07, 6.45) is 5.96. The van der Waals surface area contributed by atoms with Gasteiger partial charge in [-0.15, -0.1) is 19.2 Å². The third-order valence-corrected chi connectivity index (χ3v) is 3.58. The first-order valence-corrected chi connectivity index (χ1v) is 7.05. The molecule has 3 heteroatoms. The summed E-state index contributed by atoms with van der Waals surface area (Å²) in [6.45, 7) is 3.87. The second kappa shape index (κ2) is 7.04. The van der Waals surface area contributed by atoms with Crippen molar-refractivity contribution in [1.29, 1.82) is 0 Å². The largest absolute Gasteiger partial charge is 0.508 e. The van der Waals surface area contributed by atoms with Gasteiger partial charge in [0.05, 0.1) is 7.11 Å². The third kappa shape index (κ3) is 3.92. The first-order valence-electron chi connectivity index (χ1n) is 6.60. The lowest BCUT2D eigenvalue weighted by Gasteiger charge is -2.08. The SMILES string of the molecule is C=CC(/C=C\c1ccc(OC)c(S)c1)c1ccc(O)cc1. The highest BCUT2D eigenvalue weighted by Gasteiger charge is 2.04. The number of phenols is 1. The lowest BCUT2D eigenvalue weighted by atomic mass is 9.98. The molecule has 2 rings (SSSR count). The molecule has 0 aliphatic carbocycles. The van der Waals surface area contributed by atoms with Crippen LogP contribution in [0.2, 0.25) is 0 Å². The van der Waals surface area contributed by atoms with Crippen LogP contribution < -0.4 is 4.74 Å². The molecule has 2 aromatic carbocycles. The summed E-state index contributed by atoms with van der Waals surface area (Å²) in [5, 5.41) is 9.33. The smallest absolute Gasteiger partial charge is 0.132 e. The van der Waals surface area contributed by atoms with Crippen LogP contribution in [-0.4, -0.2) is 12.2 Å². The van der Waals surface area contributed by atoms with Gasteiger partial charge in [0.1, 0.15) is 11.5 Å². The number of aromatic hydroxyl groups is 1. The van der Waals surface area contributed by atoms with Gasteiger partial charge in [0, 0.05) is 10.8 Å². The Bertz CT molecular complexity index is 645. The second-order valence-electron chi connectivity index (χ2n) is 4.64. The fourth-order valence-corrected chi connectivity index (χ4v) is 2.36. The standard InChI is InChI=1S/C18H18O2S/c1-3-14(15-7-9-16(19)10-8-15)6-4-13-5-11-17(20-2)18(21)12-13/h3-12,14,19,21H,1H2,2H3/b6-4-. The Morgan fingerprint density at radius 2 is 1.90 bits per heavy atom. The highest BCUT2D eigenvalue weighted by Crippen LogP contribution is 2.26. The number of rotatable bonds is 5. The van der Waals surface area contributed by atoms with Crippen molar-refractivity contribution >= 4 is 18.7 Å². The van der Waals surface area contributed by atoms with E-state index in [-0.39, 0.29) is 11.7 Å². The van der Waals surface area contributed by atoms with E-state index >= 15 is 0 Å². The Hall–Kier alpha value is -2.13. The van der Waals surface area contributed by atoms with Gasteiger partial charge in [0.2, 0.25) is 0 Å². The minimum atomic E-state index is 0.0936. The predicted octanol–water partition coefficient (Wildman–Crippen LogP) is 4.67. The Labute approximate surface area is 130 Å². The van der Waals surface area contributed by atoms with E-state index in [9.17, 15) is 5.11 Å². The quantitative estimate of drug-likeness (QED) is 0.620. The Morgan fingerprint density at radius 3 is 2.48 bits per heavy atom. The van der Waals surface area contributed by atoms with E-state index in [0.29, 0.717) is 0 Å². The predicted molar refractivity (Wildman–Crippen MR) is 90.3 cm³/mol. The van der Waals surface area contributed by atoms with Crippen LogP contribution in [0.25, 0.3) is 6.08 Å². The molecule has 1 N–H and O–H groups in total. The summed E-state index contributed by atoms with van der Waals surface area (Å²) >= 11 is 4.39. The van der Waals surface area contributed by atoms with Crippen molar-refractivity contribution in [2.45, 2.75) is 10.8 Å². The number of hydrogen-bond acceptors (Lipinski definition) is 3. The normalized spacial score (nSPS) is 12.3. The summed E-state index contributed by atoms with van der Waals surface area (Å²) in [6, 6.07) is 13.0. The average Bonchev–Trinajstić information content (AvgIpc) is 2.49. The van der Waals surface area contributed by atoms with Gasteiger partial charge in [-0.2, -0.15) is 0 Å². The third-order valence-electron chi connectivity index (χ3n) is 3.23. The molecule has 2 aromatic rings. The molecule has 0 bridgehead atoms. The van der Waals surface area contributed by atoms with Crippen LogP contribution in [0.3, 0.4) is 0 Å². The maximum atomic E-state index is 9.33. The molecule has 0 amide bonds. The molecule has 1 atom stereocenters. The summed E-state index contributed by atoms with van der Waals surface area (Å²) in [5.74, 6) is 1.12. The van der Waals surface area contributed by atoms with Gasteiger partial charge in [0.15, 0.2) is 0 Å². The second-order valence-corrected chi connectivity index (χ2v) is 5.13. The van der Waals surface area contributed by atoms with E-state index in [1.807, 2.05) is 42.5 Å². The topological polar surface area (TPSA) is 29.5 Å². The molecule has 0 aliphatic heterocycles. The fraction of sp³-hybridized carbons (Fsp3) is 0.111. The van der Waals surface area contributed by atoms with Crippen LogP contribution >= 0.6 is 12.6 Å². The highest BCUT2D eigenvalue weighted by molar-refractivity contribution is 7.80. The summed E-state index contributed by atoms with van der Waals surface area (Å²) in [4.78, 5) is 0.805. The van der Waals surface area contributed by atoms with Gasteiger partial charge < -0.3 is 9.84 Å². The molecule has 108 valence electrons. The maximum absolute atomic E-state index is 9.33. The molecule has 0 radical (unpaired) electrons. The lowest BCUT2D eigenvalue weighted by molar-refractivity contribution is 0.405. The Balaban J connectivity index is 2.19. The van der Waals surface area contributed by atoms with Crippen LogP contribution in [0, 0.1) is 0 Å². The van der Waals surface area contributed by atoms with E-state index in [1.165, 1.54) is 0 Å². The molecule has 0 saturated carbocycles. The molecular weight excluding hydrogens is 280 g/mol. The van der Waals surface area contributed by atoms with Crippen LogP contribution in [0.5, 0.6) is 11.5 Å². The van der Waals surface area contributed by atoms with Gasteiger partial charge in [-0.25, -0.2) is 0 Å². The summed E-state index contributed by atoms with van der Waals surface area (Å²) in [5.41, 5.74) is 2.13. The number of hydrogen-bond donors (Lipinski definition) is 2. The fourth-order valence-electron chi connectivity index (χ4n) is 2.05. The van der Waals surface area contributed by atoms with Crippen molar-refractivity contribution in [3.8, 4) is 11.5 Å². The molecule has 1 unspecified atom stereocenters. The molecule has 0 aromatic heterocycles. The van der Waals surface area contributed by atoms with Gasteiger partial charge in [-0.3, -0.25) is 0 Å². The molecule has 0 saturated heterocycles. The molecular formula is C18H18O2S. The van der Waals surface area contributed by atoms with Crippen molar-refractivity contribution < 1.29 is 9.84 Å². The van der Waals surface area contributed by atoms with Gasteiger partial charge in [0.25, 0.3) is 0 Å². The van der Waals surface area contributed by atoms with Crippen molar-refractivity contribution in [3.05, 3.63) is 72.3 Å². The van der Waals surface area contributed by atoms with E-state index in [4.69, 9.17) is 4.74 Å². The molecule has 0 spiro atoms. The van der Waals surface area contributed by atoms with E-state index in [2.05, 4.69) is 25.3 Å². The van der Waals surface area contributed by atoms with Crippen molar-refractivity contribution in [3.63, 3.8) is 0 Å². The van der Waals surface area contributed by atoms with E-state index < -0.39 is 0 Å². The maximum Gasteiger partial charge on any atom is 0.132 e. The number of benzene rings is 2. The summed E-state index contributed by atoms with van der Waals surface area (Å²) in [7, 11) is 1.63. The van der Waals surface area contributed by atoms with Crippen LogP contribution in [0.15, 0.2) is 66.1 Å². The van der Waals surface area contributed by atoms with Crippen LogP contribution in [0.4, 0.5) is 0 Å². The average molecular weight is 298 g/mol. The zero-order chi connectivity index (χ0) is 15.2. The molecule has 0 fully saturated rings. The minimum Gasteiger partial charge on any atom is -0.508 e. The summed E-state index contributed by atoms with van der Waals surface area (Å²) < 4.78 is 5.19. The number of thiol groups is 1. The number of methoxy groups -OCH3 is 1. The first kappa shape index (κ1) is 15.3. The van der Waals surface area contributed by atoms with Gasteiger partial charge >= 0.3 is 0 Å². The van der Waals surface area contributed by atoms with Crippen LogP contribution in [-0.2, 0) is 0 Å².